The summed E-state index contributed by atoms with van der Waals surface area (Å²) in [6.45, 7) is 1.88. The molecular weight excluding hydrogens is 456 g/mol. The van der Waals surface area contributed by atoms with Gasteiger partial charge in [0.2, 0.25) is 0 Å². The maximum atomic E-state index is 13.8. The van der Waals surface area contributed by atoms with Gasteiger partial charge in [-0.1, -0.05) is 12.1 Å². The molecule has 4 rings (SSSR count). The summed E-state index contributed by atoms with van der Waals surface area (Å²) >= 11 is 0. The van der Waals surface area contributed by atoms with Gasteiger partial charge in [0.15, 0.2) is 5.65 Å². The van der Waals surface area contributed by atoms with Crippen molar-refractivity contribution in [3.05, 3.63) is 83.4 Å². The summed E-state index contributed by atoms with van der Waals surface area (Å²) in [5, 5.41) is 6.74. The summed E-state index contributed by atoms with van der Waals surface area (Å²) in [5.41, 5.74) is 0.218. The van der Waals surface area contributed by atoms with Crippen LogP contribution in [0.25, 0.3) is 16.9 Å². The van der Waals surface area contributed by atoms with Crippen LogP contribution in [0, 0.1) is 5.82 Å². The van der Waals surface area contributed by atoms with Crippen molar-refractivity contribution in [2.24, 2.45) is 0 Å². The lowest BCUT2D eigenvalue weighted by molar-refractivity contribution is -0.140. The third-order valence-corrected chi connectivity index (χ3v) is 4.85. The van der Waals surface area contributed by atoms with Gasteiger partial charge in [-0.3, -0.25) is 4.79 Å². The van der Waals surface area contributed by atoms with E-state index < -0.39 is 29.4 Å². The van der Waals surface area contributed by atoms with E-state index in [9.17, 15) is 27.2 Å². The number of hydrogen-bond donors (Lipinski definition) is 1. The number of aromatic nitrogens is 3. The molecule has 0 radical (unpaired) electrons. The lowest BCUT2D eigenvalue weighted by Crippen LogP contribution is -2.14. The Labute approximate surface area is 190 Å². The second kappa shape index (κ2) is 8.93. The smallest absolute Gasteiger partial charge is 0.419 e. The molecule has 0 aliphatic carbocycles. The Kier molecular flexibility index (Phi) is 6.01. The highest BCUT2D eigenvalue weighted by Gasteiger charge is 2.34. The molecule has 0 atom stereocenters. The van der Waals surface area contributed by atoms with Crippen molar-refractivity contribution in [1.29, 1.82) is 0 Å². The molecule has 1 amide bonds. The van der Waals surface area contributed by atoms with Gasteiger partial charge in [0.05, 0.1) is 24.1 Å². The molecular formula is C23H16F4N4O3. The molecule has 2 aromatic carbocycles. The third-order valence-electron chi connectivity index (χ3n) is 4.85. The van der Waals surface area contributed by atoms with Crippen LogP contribution in [-0.4, -0.2) is 33.1 Å². The maximum Gasteiger partial charge on any atom is 0.419 e. The Hall–Kier alpha value is -4.28. The van der Waals surface area contributed by atoms with Crippen LogP contribution in [-0.2, 0) is 10.9 Å². The van der Waals surface area contributed by atoms with Gasteiger partial charge in [-0.2, -0.15) is 18.3 Å². The van der Waals surface area contributed by atoms with Gasteiger partial charge in [0.1, 0.15) is 11.4 Å². The average molecular weight is 472 g/mol. The number of ether oxygens (including phenoxy) is 1. The van der Waals surface area contributed by atoms with E-state index in [0.29, 0.717) is 29.1 Å². The molecule has 0 saturated carbocycles. The summed E-state index contributed by atoms with van der Waals surface area (Å²) in [5.74, 6) is -2.88. The van der Waals surface area contributed by atoms with Gasteiger partial charge in [-0.25, -0.2) is 18.7 Å². The van der Waals surface area contributed by atoms with Gasteiger partial charge in [0, 0.05) is 23.0 Å². The molecule has 0 saturated heterocycles. The summed E-state index contributed by atoms with van der Waals surface area (Å²) in [6.07, 6.45) is -2.02. The molecule has 0 spiro atoms. The molecule has 2 aromatic heterocycles. The normalized spacial score (nSPS) is 11.4. The van der Waals surface area contributed by atoms with Gasteiger partial charge < -0.3 is 10.1 Å². The second-order valence-corrected chi connectivity index (χ2v) is 7.07. The van der Waals surface area contributed by atoms with E-state index in [1.807, 2.05) is 0 Å². The van der Waals surface area contributed by atoms with Crippen LogP contribution < -0.4 is 5.32 Å². The number of rotatable bonds is 5. The number of nitrogens with zero attached hydrogens (tertiary/aromatic N) is 3. The number of amides is 1. The molecule has 4 aromatic rings. The number of anilines is 1. The molecule has 0 fully saturated rings. The minimum Gasteiger partial charge on any atom is -0.462 e. The van der Waals surface area contributed by atoms with Crippen LogP contribution in [0.5, 0.6) is 0 Å². The highest BCUT2D eigenvalue weighted by Crippen LogP contribution is 2.32. The number of carbonyl (C=O) groups excluding carboxylic acids is 2. The molecule has 7 nitrogen and oxygen atoms in total. The Bertz CT molecular complexity index is 1400. The Morgan fingerprint density at radius 2 is 1.91 bits per heavy atom. The first-order valence-electron chi connectivity index (χ1n) is 9.97. The molecule has 11 heteroatoms. The first-order valence-corrected chi connectivity index (χ1v) is 9.97. The monoisotopic (exact) mass is 472 g/mol. The minimum atomic E-state index is -4.86. The number of nitrogens with one attached hydrogen (secondary N) is 1. The lowest BCUT2D eigenvalue weighted by Gasteiger charge is -2.11. The molecule has 0 bridgehead atoms. The standard InChI is InChI=1S/C23H16F4N4O3/c1-2-34-22(33)16-12-29-31-19(8-9-28-20(16)31)13-4-3-5-15(10-13)30-21(32)14-6-7-17(18(24)11-14)23(25,26)27/h3-12H,2H2,1H3,(H,30,32). The number of hydrogen-bond acceptors (Lipinski definition) is 5. The van der Waals surface area contributed by atoms with Crippen molar-refractivity contribution in [1.82, 2.24) is 14.6 Å². The molecule has 174 valence electrons. The lowest BCUT2D eigenvalue weighted by atomic mass is 10.1. The van der Waals surface area contributed by atoms with E-state index in [2.05, 4.69) is 15.4 Å². The van der Waals surface area contributed by atoms with E-state index in [0.717, 1.165) is 6.07 Å². The fraction of sp³-hybridized carbons (Fsp3) is 0.130. The number of halogens is 4. The van der Waals surface area contributed by atoms with E-state index >= 15 is 0 Å². The summed E-state index contributed by atoms with van der Waals surface area (Å²) in [7, 11) is 0. The largest absolute Gasteiger partial charge is 0.462 e. The van der Waals surface area contributed by atoms with Crippen LogP contribution in [0.4, 0.5) is 23.2 Å². The molecule has 0 aliphatic rings. The second-order valence-electron chi connectivity index (χ2n) is 7.07. The fourth-order valence-electron chi connectivity index (χ4n) is 3.31. The highest BCUT2D eigenvalue weighted by atomic mass is 19.4. The van der Waals surface area contributed by atoms with Crippen LogP contribution in [0.2, 0.25) is 0 Å². The van der Waals surface area contributed by atoms with E-state index in [1.165, 1.54) is 16.9 Å². The van der Waals surface area contributed by atoms with Crippen molar-refractivity contribution >= 4 is 23.2 Å². The third kappa shape index (κ3) is 4.45. The molecule has 34 heavy (non-hydrogen) atoms. The zero-order valence-corrected chi connectivity index (χ0v) is 17.6. The van der Waals surface area contributed by atoms with E-state index in [1.54, 1.807) is 37.3 Å². The van der Waals surface area contributed by atoms with Crippen molar-refractivity contribution in [2.75, 3.05) is 11.9 Å². The summed E-state index contributed by atoms with van der Waals surface area (Å²) < 4.78 is 58.5. The fourth-order valence-corrected chi connectivity index (χ4v) is 3.31. The van der Waals surface area contributed by atoms with Gasteiger partial charge in [-0.15, -0.1) is 0 Å². The van der Waals surface area contributed by atoms with Crippen LogP contribution in [0.1, 0.15) is 33.2 Å². The van der Waals surface area contributed by atoms with Crippen LogP contribution in [0.15, 0.2) is 60.9 Å². The van der Waals surface area contributed by atoms with Gasteiger partial charge in [0.25, 0.3) is 5.91 Å². The average Bonchev–Trinajstić information content (AvgIpc) is 3.23. The predicted molar refractivity (Wildman–Crippen MR) is 114 cm³/mol. The Balaban J connectivity index is 1.62. The Morgan fingerprint density at radius 1 is 1.12 bits per heavy atom. The zero-order chi connectivity index (χ0) is 24.5. The quantitative estimate of drug-likeness (QED) is 0.327. The predicted octanol–water partition coefficient (Wildman–Crippen LogP) is 4.98. The number of benzene rings is 2. The maximum absolute atomic E-state index is 13.8. The molecule has 0 unspecified atom stereocenters. The summed E-state index contributed by atoms with van der Waals surface area (Å²) in [6, 6.07) is 10.1. The van der Waals surface area contributed by atoms with Crippen molar-refractivity contribution in [3.63, 3.8) is 0 Å². The van der Waals surface area contributed by atoms with Crippen molar-refractivity contribution in [2.45, 2.75) is 13.1 Å². The van der Waals surface area contributed by atoms with Crippen LogP contribution in [0.3, 0.4) is 0 Å². The van der Waals surface area contributed by atoms with E-state index in [-0.39, 0.29) is 23.4 Å². The van der Waals surface area contributed by atoms with E-state index in [4.69, 9.17) is 4.74 Å². The first kappa shape index (κ1) is 22.9. The SMILES string of the molecule is CCOC(=O)c1cnn2c(-c3cccc(NC(=O)c4ccc(C(F)(F)F)c(F)c4)c3)ccnc12. The Morgan fingerprint density at radius 3 is 2.62 bits per heavy atom. The number of fused-ring (bicyclic) bond motifs is 1. The van der Waals surface area contributed by atoms with Crippen molar-refractivity contribution in [3.8, 4) is 11.3 Å². The van der Waals surface area contributed by atoms with Gasteiger partial charge >= 0.3 is 12.1 Å². The zero-order valence-electron chi connectivity index (χ0n) is 17.6. The summed E-state index contributed by atoms with van der Waals surface area (Å²) in [4.78, 5) is 28.8. The van der Waals surface area contributed by atoms with Crippen molar-refractivity contribution < 1.29 is 31.9 Å². The number of alkyl halides is 3. The van der Waals surface area contributed by atoms with Gasteiger partial charge in [-0.05, 0) is 43.3 Å². The highest BCUT2D eigenvalue weighted by molar-refractivity contribution is 6.04. The molecule has 2 heterocycles. The topological polar surface area (TPSA) is 85.6 Å². The van der Waals surface area contributed by atoms with Crippen LogP contribution >= 0.6 is 0 Å². The molecule has 1 N–H and O–H groups in total. The number of carbonyl (C=O) groups is 2. The number of esters is 1. The minimum absolute atomic E-state index is 0.192. The first-order chi connectivity index (χ1) is 16.2. The molecule has 0 aliphatic heterocycles.